The van der Waals surface area contributed by atoms with E-state index in [9.17, 15) is 19.5 Å². The van der Waals surface area contributed by atoms with Crippen molar-refractivity contribution in [2.24, 2.45) is 0 Å². The van der Waals surface area contributed by atoms with Gasteiger partial charge >= 0.3 is 5.97 Å². The summed E-state index contributed by atoms with van der Waals surface area (Å²) < 4.78 is 0. The van der Waals surface area contributed by atoms with Crippen LogP contribution in [0.3, 0.4) is 0 Å². The van der Waals surface area contributed by atoms with Gasteiger partial charge in [0.15, 0.2) is 0 Å². The van der Waals surface area contributed by atoms with Crippen molar-refractivity contribution in [2.75, 3.05) is 0 Å². The molecule has 1 aromatic rings. The molecule has 5 heteroatoms. The molecular weight excluding hydrogens is 270 g/mol. The first-order valence-corrected chi connectivity index (χ1v) is 7.21. The fourth-order valence-corrected chi connectivity index (χ4v) is 2.85. The van der Waals surface area contributed by atoms with Gasteiger partial charge in [-0.3, -0.25) is 14.5 Å². The van der Waals surface area contributed by atoms with Crippen LogP contribution in [-0.2, 0) is 4.79 Å². The topological polar surface area (TPSA) is 74.7 Å². The highest BCUT2D eigenvalue weighted by atomic mass is 16.4. The second kappa shape index (κ2) is 5.68. The van der Waals surface area contributed by atoms with Crippen LogP contribution < -0.4 is 0 Å². The number of carbonyl (C=O) groups excluding carboxylic acids is 2. The zero-order chi connectivity index (χ0) is 15.6. The number of hydrogen-bond acceptors (Lipinski definition) is 3. The van der Waals surface area contributed by atoms with Crippen molar-refractivity contribution in [2.45, 2.75) is 45.1 Å². The third kappa shape index (κ3) is 2.22. The smallest absolute Gasteiger partial charge is 0.330 e. The van der Waals surface area contributed by atoms with E-state index in [4.69, 9.17) is 0 Å². The summed E-state index contributed by atoms with van der Waals surface area (Å²) in [5.74, 6) is -2.13. The van der Waals surface area contributed by atoms with Crippen LogP contribution in [0, 0.1) is 0 Å². The number of imide groups is 1. The first-order valence-electron chi connectivity index (χ1n) is 7.21. The maximum atomic E-state index is 12.5. The summed E-state index contributed by atoms with van der Waals surface area (Å²) in [6.45, 7) is 3.65. The number of amides is 2. The average molecular weight is 289 g/mol. The van der Waals surface area contributed by atoms with Crippen LogP contribution in [0.1, 0.15) is 60.2 Å². The molecule has 1 aliphatic rings. The van der Waals surface area contributed by atoms with Crippen LogP contribution in [0.25, 0.3) is 0 Å². The molecule has 2 rings (SSSR count). The number of carbonyl (C=O) groups is 3. The van der Waals surface area contributed by atoms with Gasteiger partial charge in [-0.1, -0.05) is 38.8 Å². The molecule has 0 radical (unpaired) electrons. The fourth-order valence-electron chi connectivity index (χ4n) is 2.85. The van der Waals surface area contributed by atoms with Crippen LogP contribution in [-0.4, -0.2) is 33.3 Å². The van der Waals surface area contributed by atoms with Crippen LogP contribution in [0.4, 0.5) is 0 Å². The Morgan fingerprint density at radius 3 is 2.05 bits per heavy atom. The number of aliphatic carboxylic acids is 1. The molecular formula is C16H19NO4. The van der Waals surface area contributed by atoms with Crippen LogP contribution in [0.2, 0.25) is 0 Å². The van der Waals surface area contributed by atoms with Gasteiger partial charge in [-0.15, -0.1) is 0 Å². The number of hydrogen-bond donors (Lipinski definition) is 1. The molecule has 1 N–H and O–H groups in total. The molecule has 0 spiro atoms. The van der Waals surface area contributed by atoms with E-state index in [1.807, 2.05) is 6.92 Å². The van der Waals surface area contributed by atoms with Gasteiger partial charge < -0.3 is 5.11 Å². The Bertz CT molecular complexity index is 561. The molecule has 0 saturated carbocycles. The SMILES string of the molecule is CCCCC(CC)(C(=O)O)N1C(=O)c2ccccc2C1=O. The molecule has 5 nitrogen and oxygen atoms in total. The molecule has 1 heterocycles. The van der Waals surface area contributed by atoms with Gasteiger partial charge in [0.2, 0.25) is 0 Å². The Kier molecular flexibility index (Phi) is 4.11. The maximum absolute atomic E-state index is 12.5. The highest BCUT2D eigenvalue weighted by Gasteiger charge is 2.52. The van der Waals surface area contributed by atoms with Crippen molar-refractivity contribution >= 4 is 17.8 Å². The van der Waals surface area contributed by atoms with Crippen molar-refractivity contribution in [3.63, 3.8) is 0 Å². The Balaban J connectivity index is 2.50. The summed E-state index contributed by atoms with van der Waals surface area (Å²) in [6.07, 6.45) is 1.93. The number of unbranched alkanes of at least 4 members (excludes halogenated alkanes) is 1. The van der Waals surface area contributed by atoms with Crippen molar-refractivity contribution in [3.05, 3.63) is 35.4 Å². The second-order valence-corrected chi connectivity index (χ2v) is 5.29. The molecule has 1 aliphatic heterocycles. The Labute approximate surface area is 123 Å². The maximum Gasteiger partial charge on any atom is 0.330 e. The number of carboxylic acids is 1. The first kappa shape index (κ1) is 15.2. The van der Waals surface area contributed by atoms with Gasteiger partial charge in [0.1, 0.15) is 5.54 Å². The number of nitrogens with zero attached hydrogens (tertiary/aromatic N) is 1. The van der Waals surface area contributed by atoms with E-state index in [-0.39, 0.29) is 24.0 Å². The molecule has 2 amide bonds. The lowest BCUT2D eigenvalue weighted by atomic mass is 9.87. The molecule has 0 fully saturated rings. The Morgan fingerprint density at radius 1 is 1.14 bits per heavy atom. The Morgan fingerprint density at radius 2 is 1.67 bits per heavy atom. The van der Waals surface area contributed by atoms with E-state index in [2.05, 4.69) is 0 Å². The van der Waals surface area contributed by atoms with E-state index < -0.39 is 23.3 Å². The second-order valence-electron chi connectivity index (χ2n) is 5.29. The van der Waals surface area contributed by atoms with E-state index in [1.165, 1.54) is 0 Å². The summed E-state index contributed by atoms with van der Waals surface area (Å²) >= 11 is 0. The quantitative estimate of drug-likeness (QED) is 0.817. The third-order valence-corrected chi connectivity index (χ3v) is 4.15. The van der Waals surface area contributed by atoms with Gasteiger partial charge in [-0.05, 0) is 25.0 Å². The number of carboxylic acid groups (broad SMARTS) is 1. The van der Waals surface area contributed by atoms with E-state index in [1.54, 1.807) is 31.2 Å². The predicted octanol–water partition coefficient (Wildman–Crippen LogP) is 2.71. The lowest BCUT2D eigenvalue weighted by Gasteiger charge is -2.36. The molecule has 1 atom stereocenters. The van der Waals surface area contributed by atoms with Crippen molar-refractivity contribution < 1.29 is 19.5 Å². The lowest BCUT2D eigenvalue weighted by Crippen LogP contribution is -2.56. The molecule has 0 bridgehead atoms. The Hall–Kier alpha value is -2.17. The molecule has 0 saturated heterocycles. The summed E-state index contributed by atoms with van der Waals surface area (Å²) in [5.41, 5.74) is -0.875. The molecule has 1 aromatic carbocycles. The average Bonchev–Trinajstić information content (AvgIpc) is 2.74. The first-order chi connectivity index (χ1) is 9.99. The standard InChI is InChI=1S/C16H19NO4/c1-3-5-10-16(4-2,15(20)21)17-13(18)11-8-6-7-9-12(11)14(17)19/h6-9H,3-5,10H2,1-2H3,(H,20,21). The summed E-state index contributed by atoms with van der Waals surface area (Å²) in [5, 5.41) is 9.68. The molecule has 0 aliphatic carbocycles. The number of fused-ring (bicyclic) bond motifs is 1. The highest BCUT2D eigenvalue weighted by molar-refractivity contribution is 6.23. The van der Waals surface area contributed by atoms with Crippen molar-refractivity contribution in [1.82, 2.24) is 4.90 Å². The molecule has 112 valence electrons. The van der Waals surface area contributed by atoms with E-state index in [0.717, 1.165) is 11.3 Å². The van der Waals surface area contributed by atoms with Crippen LogP contribution in [0.15, 0.2) is 24.3 Å². The minimum absolute atomic E-state index is 0.202. The number of benzene rings is 1. The van der Waals surface area contributed by atoms with E-state index in [0.29, 0.717) is 6.42 Å². The zero-order valence-corrected chi connectivity index (χ0v) is 12.3. The van der Waals surface area contributed by atoms with Gasteiger partial charge in [0.05, 0.1) is 11.1 Å². The monoisotopic (exact) mass is 289 g/mol. The third-order valence-electron chi connectivity index (χ3n) is 4.15. The minimum Gasteiger partial charge on any atom is -0.479 e. The molecule has 0 aromatic heterocycles. The fraction of sp³-hybridized carbons (Fsp3) is 0.438. The van der Waals surface area contributed by atoms with Crippen LogP contribution >= 0.6 is 0 Å². The van der Waals surface area contributed by atoms with E-state index >= 15 is 0 Å². The van der Waals surface area contributed by atoms with Crippen molar-refractivity contribution in [1.29, 1.82) is 0 Å². The summed E-state index contributed by atoms with van der Waals surface area (Å²) in [7, 11) is 0. The summed E-state index contributed by atoms with van der Waals surface area (Å²) in [6, 6.07) is 6.48. The highest BCUT2D eigenvalue weighted by Crippen LogP contribution is 2.35. The molecule has 1 unspecified atom stereocenters. The van der Waals surface area contributed by atoms with Gasteiger partial charge in [0.25, 0.3) is 11.8 Å². The lowest BCUT2D eigenvalue weighted by molar-refractivity contribution is -0.149. The normalized spacial score (nSPS) is 16.8. The number of rotatable bonds is 6. The van der Waals surface area contributed by atoms with Gasteiger partial charge in [0, 0.05) is 0 Å². The van der Waals surface area contributed by atoms with Gasteiger partial charge in [-0.25, -0.2) is 4.79 Å². The van der Waals surface area contributed by atoms with Crippen LogP contribution in [0.5, 0.6) is 0 Å². The predicted molar refractivity (Wildman–Crippen MR) is 77.1 cm³/mol. The molecule has 21 heavy (non-hydrogen) atoms. The largest absolute Gasteiger partial charge is 0.479 e. The van der Waals surface area contributed by atoms with Gasteiger partial charge in [-0.2, -0.15) is 0 Å². The van der Waals surface area contributed by atoms with Crippen molar-refractivity contribution in [3.8, 4) is 0 Å². The summed E-state index contributed by atoms with van der Waals surface area (Å²) in [4.78, 5) is 37.8. The zero-order valence-electron chi connectivity index (χ0n) is 12.3. The minimum atomic E-state index is -1.46.